The number of benzene rings is 3. The Morgan fingerprint density at radius 1 is 0.935 bits per heavy atom. The molecule has 0 fully saturated rings. The van der Waals surface area contributed by atoms with E-state index >= 15 is 0 Å². The molecule has 0 unspecified atom stereocenters. The number of rotatable bonds is 7. The molecule has 31 heavy (non-hydrogen) atoms. The average Bonchev–Trinajstić information content (AvgIpc) is 2.70. The largest absolute Gasteiger partial charge is 0.348 e. The van der Waals surface area contributed by atoms with E-state index in [0.29, 0.717) is 26.3 Å². The number of hydrogen-bond donors (Lipinski definition) is 1. The van der Waals surface area contributed by atoms with Crippen LogP contribution in [0, 0.1) is 0 Å². The van der Waals surface area contributed by atoms with Crippen LogP contribution in [-0.2, 0) is 23.1 Å². The number of amides is 1. The Labute approximate surface area is 196 Å². The van der Waals surface area contributed by atoms with E-state index in [1.165, 1.54) is 4.31 Å². The molecule has 1 amide bonds. The molecular weight excluding hydrogens is 479 g/mol. The van der Waals surface area contributed by atoms with Crippen LogP contribution in [0.5, 0.6) is 0 Å². The molecule has 0 radical (unpaired) electrons. The minimum absolute atomic E-state index is 0.113. The Hall–Kier alpha value is -2.25. The van der Waals surface area contributed by atoms with Crippen LogP contribution in [0.3, 0.4) is 0 Å². The van der Waals surface area contributed by atoms with Gasteiger partial charge in [-0.15, -0.1) is 0 Å². The maximum Gasteiger partial charge on any atom is 0.251 e. The van der Waals surface area contributed by atoms with Gasteiger partial charge in [0.2, 0.25) is 10.0 Å². The summed E-state index contributed by atoms with van der Waals surface area (Å²) in [6.07, 6.45) is 1.14. The Kier molecular flexibility index (Phi) is 7.49. The van der Waals surface area contributed by atoms with Crippen molar-refractivity contribution in [2.45, 2.75) is 13.1 Å². The van der Waals surface area contributed by atoms with Crippen LogP contribution in [-0.4, -0.2) is 20.6 Å². The number of halogens is 3. The predicted octanol–water partition coefficient (Wildman–Crippen LogP) is 5.54. The average molecular weight is 498 g/mol. The van der Waals surface area contributed by atoms with Crippen molar-refractivity contribution >= 4 is 56.4 Å². The summed E-state index contributed by atoms with van der Waals surface area (Å²) in [5.74, 6) is -0.271. The van der Waals surface area contributed by atoms with Crippen molar-refractivity contribution < 1.29 is 13.2 Å². The smallest absolute Gasteiger partial charge is 0.251 e. The lowest BCUT2D eigenvalue weighted by molar-refractivity contribution is 0.0951. The normalized spacial score (nSPS) is 11.2. The molecule has 0 spiro atoms. The molecule has 0 aliphatic heterocycles. The van der Waals surface area contributed by atoms with Gasteiger partial charge in [0.25, 0.3) is 5.91 Å². The van der Waals surface area contributed by atoms with Crippen LogP contribution in [0.2, 0.25) is 15.1 Å². The van der Waals surface area contributed by atoms with Gasteiger partial charge < -0.3 is 5.32 Å². The number of hydrogen-bond acceptors (Lipinski definition) is 3. The highest BCUT2D eigenvalue weighted by molar-refractivity contribution is 7.92. The van der Waals surface area contributed by atoms with Gasteiger partial charge in [-0.25, -0.2) is 8.42 Å². The third-order valence-electron chi connectivity index (χ3n) is 4.49. The van der Waals surface area contributed by atoms with Gasteiger partial charge in [-0.2, -0.15) is 0 Å². The zero-order valence-electron chi connectivity index (χ0n) is 16.5. The molecule has 0 saturated heterocycles. The Morgan fingerprint density at radius 2 is 1.61 bits per heavy atom. The van der Waals surface area contributed by atoms with E-state index in [9.17, 15) is 13.2 Å². The number of sulfonamides is 1. The molecule has 0 saturated carbocycles. The van der Waals surface area contributed by atoms with E-state index in [0.717, 1.165) is 17.4 Å². The van der Waals surface area contributed by atoms with Crippen molar-refractivity contribution in [2.75, 3.05) is 10.6 Å². The molecule has 162 valence electrons. The standard InChI is InChI=1S/C22H19Cl3N2O3S/c1-31(29,30)27(20-4-2-3-18(23)11-20)14-15-5-7-16(8-6-15)22(28)26-13-17-9-10-19(24)12-21(17)25/h2-12H,13-14H2,1H3,(H,26,28). The summed E-state index contributed by atoms with van der Waals surface area (Å²) in [6.45, 7) is 0.370. The summed E-state index contributed by atoms with van der Waals surface area (Å²) in [5.41, 5.74) is 2.39. The molecule has 0 atom stereocenters. The first-order valence-corrected chi connectivity index (χ1v) is 12.2. The van der Waals surface area contributed by atoms with Crippen molar-refractivity contribution in [3.05, 3.63) is 98.5 Å². The second kappa shape index (κ2) is 9.92. The Morgan fingerprint density at radius 3 is 2.23 bits per heavy atom. The predicted molar refractivity (Wildman–Crippen MR) is 127 cm³/mol. The van der Waals surface area contributed by atoms with Gasteiger partial charge in [-0.05, 0) is 53.6 Å². The minimum Gasteiger partial charge on any atom is -0.348 e. The topological polar surface area (TPSA) is 66.5 Å². The molecule has 0 aromatic heterocycles. The van der Waals surface area contributed by atoms with Crippen LogP contribution in [0.1, 0.15) is 21.5 Å². The van der Waals surface area contributed by atoms with Crippen LogP contribution < -0.4 is 9.62 Å². The molecule has 3 aromatic rings. The van der Waals surface area contributed by atoms with Crippen LogP contribution in [0.25, 0.3) is 0 Å². The van der Waals surface area contributed by atoms with Gasteiger partial charge in [0.15, 0.2) is 0 Å². The van der Waals surface area contributed by atoms with E-state index in [1.807, 2.05) is 0 Å². The SMILES string of the molecule is CS(=O)(=O)N(Cc1ccc(C(=O)NCc2ccc(Cl)cc2Cl)cc1)c1cccc(Cl)c1. The lowest BCUT2D eigenvalue weighted by atomic mass is 10.1. The van der Waals surface area contributed by atoms with E-state index in [2.05, 4.69) is 5.32 Å². The van der Waals surface area contributed by atoms with Gasteiger partial charge in [-0.3, -0.25) is 9.10 Å². The zero-order valence-corrected chi connectivity index (χ0v) is 19.6. The van der Waals surface area contributed by atoms with Crippen LogP contribution in [0.15, 0.2) is 66.7 Å². The molecule has 5 nitrogen and oxygen atoms in total. The first-order valence-electron chi connectivity index (χ1n) is 9.18. The molecule has 0 bridgehead atoms. The fraction of sp³-hybridized carbons (Fsp3) is 0.136. The van der Waals surface area contributed by atoms with Gasteiger partial charge in [0.05, 0.1) is 18.5 Å². The van der Waals surface area contributed by atoms with Crippen LogP contribution in [0.4, 0.5) is 5.69 Å². The van der Waals surface area contributed by atoms with Gasteiger partial charge >= 0.3 is 0 Å². The van der Waals surface area contributed by atoms with Crippen molar-refractivity contribution in [2.24, 2.45) is 0 Å². The first kappa shape index (κ1) is 23.4. The number of anilines is 1. The summed E-state index contributed by atoms with van der Waals surface area (Å²) in [4.78, 5) is 12.4. The minimum atomic E-state index is -3.53. The number of nitrogens with zero attached hydrogens (tertiary/aromatic N) is 1. The highest BCUT2D eigenvalue weighted by Crippen LogP contribution is 2.24. The van der Waals surface area contributed by atoms with Crippen molar-refractivity contribution in [3.8, 4) is 0 Å². The summed E-state index contributed by atoms with van der Waals surface area (Å²) < 4.78 is 25.8. The van der Waals surface area contributed by atoms with Gasteiger partial charge in [0.1, 0.15) is 0 Å². The monoisotopic (exact) mass is 496 g/mol. The highest BCUT2D eigenvalue weighted by atomic mass is 35.5. The third-order valence-corrected chi connectivity index (χ3v) is 6.46. The van der Waals surface area contributed by atoms with E-state index in [-0.39, 0.29) is 19.0 Å². The molecule has 1 N–H and O–H groups in total. The number of carbonyl (C=O) groups excluding carboxylic acids is 1. The molecule has 3 rings (SSSR count). The summed E-state index contributed by atoms with van der Waals surface area (Å²) in [6, 6.07) is 18.4. The fourth-order valence-electron chi connectivity index (χ4n) is 2.90. The van der Waals surface area contributed by atoms with Gasteiger partial charge in [-0.1, -0.05) is 59.1 Å². The maximum absolute atomic E-state index is 12.4. The maximum atomic E-state index is 12.4. The fourth-order valence-corrected chi connectivity index (χ4v) is 4.44. The summed E-state index contributed by atoms with van der Waals surface area (Å²) in [7, 11) is -3.53. The molecule has 0 heterocycles. The van der Waals surface area contributed by atoms with Crippen LogP contribution >= 0.6 is 34.8 Å². The number of nitrogens with one attached hydrogen (secondary N) is 1. The second-order valence-corrected chi connectivity index (χ2v) is 10.1. The number of carbonyl (C=O) groups is 1. The zero-order chi connectivity index (χ0) is 22.6. The van der Waals surface area contributed by atoms with Gasteiger partial charge in [0, 0.05) is 27.2 Å². The lowest BCUT2D eigenvalue weighted by Gasteiger charge is -2.22. The second-order valence-electron chi connectivity index (χ2n) is 6.86. The van der Waals surface area contributed by atoms with Crippen molar-refractivity contribution in [3.63, 3.8) is 0 Å². The lowest BCUT2D eigenvalue weighted by Crippen LogP contribution is -2.29. The molecule has 0 aliphatic carbocycles. The summed E-state index contributed by atoms with van der Waals surface area (Å²) in [5, 5.41) is 4.25. The summed E-state index contributed by atoms with van der Waals surface area (Å²) >= 11 is 18.0. The Bertz CT molecular complexity index is 1200. The molecule has 0 aliphatic rings. The van der Waals surface area contributed by atoms with E-state index < -0.39 is 10.0 Å². The third kappa shape index (κ3) is 6.37. The first-order chi connectivity index (χ1) is 14.6. The van der Waals surface area contributed by atoms with Crippen molar-refractivity contribution in [1.82, 2.24) is 5.32 Å². The molecule has 3 aromatic carbocycles. The quantitative estimate of drug-likeness (QED) is 0.466. The van der Waals surface area contributed by atoms with E-state index in [4.69, 9.17) is 34.8 Å². The molecule has 9 heteroatoms. The van der Waals surface area contributed by atoms with E-state index in [1.54, 1.807) is 66.7 Å². The highest BCUT2D eigenvalue weighted by Gasteiger charge is 2.18. The van der Waals surface area contributed by atoms with Crippen molar-refractivity contribution in [1.29, 1.82) is 0 Å². The molecular formula is C22H19Cl3N2O3S. The Balaban J connectivity index is 1.70.